The van der Waals surface area contributed by atoms with Gasteiger partial charge in [-0.15, -0.1) is 0 Å². The number of ether oxygens (including phenoxy) is 2. The van der Waals surface area contributed by atoms with E-state index in [4.69, 9.17) is 9.47 Å². The standard InChI is InChI=1S/C21H27NO4/c1-5-8-14-22-15(4)17(20(23)25-6-2)18(16-12-10-9-11-13-16)19(22)21(24)26-7-3/h9-13H,5-8,14H2,1-4H3. The Morgan fingerprint density at radius 3 is 2.15 bits per heavy atom. The summed E-state index contributed by atoms with van der Waals surface area (Å²) in [5.74, 6) is -0.828. The smallest absolute Gasteiger partial charge is 0.355 e. The molecule has 0 aliphatic heterocycles. The van der Waals surface area contributed by atoms with Crippen LogP contribution < -0.4 is 0 Å². The molecule has 1 aromatic carbocycles. The molecule has 0 saturated heterocycles. The molecule has 0 unspecified atom stereocenters. The minimum atomic E-state index is -0.416. The van der Waals surface area contributed by atoms with E-state index < -0.39 is 11.9 Å². The van der Waals surface area contributed by atoms with Crippen LogP contribution >= 0.6 is 0 Å². The molecule has 0 aliphatic rings. The number of aromatic nitrogens is 1. The fourth-order valence-corrected chi connectivity index (χ4v) is 3.08. The van der Waals surface area contributed by atoms with Crippen LogP contribution in [0, 0.1) is 6.92 Å². The summed E-state index contributed by atoms with van der Waals surface area (Å²) < 4.78 is 12.5. The third-order valence-electron chi connectivity index (χ3n) is 4.27. The van der Waals surface area contributed by atoms with Crippen LogP contribution in [0.15, 0.2) is 30.3 Å². The van der Waals surface area contributed by atoms with Gasteiger partial charge >= 0.3 is 11.9 Å². The summed E-state index contributed by atoms with van der Waals surface area (Å²) in [4.78, 5) is 25.5. The topological polar surface area (TPSA) is 57.5 Å². The van der Waals surface area contributed by atoms with E-state index in [9.17, 15) is 9.59 Å². The first-order valence-corrected chi connectivity index (χ1v) is 9.19. The van der Waals surface area contributed by atoms with Crippen LogP contribution in [-0.4, -0.2) is 29.7 Å². The third kappa shape index (κ3) is 3.98. The molecule has 2 aromatic rings. The molecule has 5 heteroatoms. The molecule has 0 aliphatic carbocycles. The van der Waals surface area contributed by atoms with Gasteiger partial charge in [-0.3, -0.25) is 0 Å². The maximum atomic E-state index is 12.8. The van der Waals surface area contributed by atoms with Gasteiger partial charge in [0.05, 0.1) is 18.8 Å². The molecule has 26 heavy (non-hydrogen) atoms. The van der Waals surface area contributed by atoms with Crippen molar-refractivity contribution in [3.05, 3.63) is 47.3 Å². The van der Waals surface area contributed by atoms with E-state index >= 15 is 0 Å². The Kier molecular flexibility index (Phi) is 7.01. The van der Waals surface area contributed by atoms with Gasteiger partial charge in [-0.25, -0.2) is 9.59 Å². The quantitative estimate of drug-likeness (QED) is 0.647. The van der Waals surface area contributed by atoms with Crippen molar-refractivity contribution >= 4 is 11.9 Å². The number of rotatable bonds is 8. The Labute approximate surface area is 154 Å². The zero-order chi connectivity index (χ0) is 19.1. The number of nitrogens with zero attached hydrogens (tertiary/aromatic N) is 1. The molecule has 0 bridgehead atoms. The molecule has 5 nitrogen and oxygen atoms in total. The largest absolute Gasteiger partial charge is 0.462 e. The van der Waals surface area contributed by atoms with Crippen molar-refractivity contribution in [1.82, 2.24) is 4.57 Å². The number of unbranched alkanes of at least 4 members (excludes halogenated alkanes) is 1. The predicted molar refractivity (Wildman–Crippen MR) is 101 cm³/mol. The second-order valence-corrected chi connectivity index (χ2v) is 6.00. The molecular weight excluding hydrogens is 330 g/mol. The molecule has 0 N–H and O–H groups in total. The Hall–Kier alpha value is -2.56. The fourth-order valence-electron chi connectivity index (χ4n) is 3.08. The van der Waals surface area contributed by atoms with Gasteiger partial charge in [0.15, 0.2) is 0 Å². The van der Waals surface area contributed by atoms with Gasteiger partial charge in [-0.2, -0.15) is 0 Å². The summed E-state index contributed by atoms with van der Waals surface area (Å²) in [6.07, 6.45) is 1.88. The summed E-state index contributed by atoms with van der Waals surface area (Å²) in [5.41, 5.74) is 3.00. The van der Waals surface area contributed by atoms with Gasteiger partial charge in [-0.05, 0) is 32.8 Å². The fraction of sp³-hybridized carbons (Fsp3) is 0.429. The number of hydrogen-bond acceptors (Lipinski definition) is 4. The van der Waals surface area contributed by atoms with Gasteiger partial charge in [0.1, 0.15) is 5.69 Å². The number of esters is 2. The highest BCUT2D eigenvalue weighted by atomic mass is 16.5. The van der Waals surface area contributed by atoms with Crippen LogP contribution in [0.3, 0.4) is 0 Å². The number of carbonyl (C=O) groups excluding carboxylic acids is 2. The summed E-state index contributed by atoms with van der Waals surface area (Å²) in [6.45, 7) is 8.70. The highest BCUT2D eigenvalue weighted by Crippen LogP contribution is 2.34. The average molecular weight is 357 g/mol. The molecule has 0 amide bonds. The maximum absolute atomic E-state index is 12.8. The SMILES string of the molecule is CCCCn1c(C)c(C(=O)OCC)c(-c2ccccc2)c1C(=O)OCC. The van der Waals surface area contributed by atoms with Crippen molar-refractivity contribution < 1.29 is 19.1 Å². The minimum Gasteiger partial charge on any atom is -0.462 e. The van der Waals surface area contributed by atoms with Gasteiger partial charge < -0.3 is 14.0 Å². The second-order valence-electron chi connectivity index (χ2n) is 6.00. The van der Waals surface area contributed by atoms with Gasteiger partial charge in [0.25, 0.3) is 0 Å². The molecule has 1 aromatic heterocycles. The van der Waals surface area contributed by atoms with Crippen LogP contribution in [0.5, 0.6) is 0 Å². The van der Waals surface area contributed by atoms with Crippen LogP contribution in [0.25, 0.3) is 11.1 Å². The summed E-state index contributed by atoms with van der Waals surface area (Å²) in [5, 5.41) is 0. The first-order chi connectivity index (χ1) is 12.6. The monoisotopic (exact) mass is 357 g/mol. The van der Waals surface area contributed by atoms with Gasteiger partial charge in [0, 0.05) is 17.8 Å². The third-order valence-corrected chi connectivity index (χ3v) is 4.27. The molecule has 0 fully saturated rings. The lowest BCUT2D eigenvalue weighted by Crippen LogP contribution is -2.14. The number of benzene rings is 1. The van der Waals surface area contributed by atoms with Crippen molar-refractivity contribution in [2.24, 2.45) is 0 Å². The van der Waals surface area contributed by atoms with Crippen LogP contribution in [0.4, 0.5) is 0 Å². The molecule has 140 valence electrons. The van der Waals surface area contributed by atoms with E-state index in [1.807, 2.05) is 41.8 Å². The minimum absolute atomic E-state index is 0.278. The Balaban J connectivity index is 2.77. The summed E-state index contributed by atoms with van der Waals surface area (Å²) in [6, 6.07) is 9.46. The van der Waals surface area contributed by atoms with Crippen molar-refractivity contribution in [2.75, 3.05) is 13.2 Å². The number of carbonyl (C=O) groups is 2. The molecule has 0 saturated carbocycles. The molecule has 0 spiro atoms. The van der Waals surface area contributed by atoms with Crippen molar-refractivity contribution in [3.63, 3.8) is 0 Å². The Morgan fingerprint density at radius 1 is 0.962 bits per heavy atom. The normalized spacial score (nSPS) is 10.6. The molecule has 1 heterocycles. The molecule has 0 radical (unpaired) electrons. The molecule has 0 atom stereocenters. The lowest BCUT2D eigenvalue weighted by molar-refractivity contribution is 0.0511. The lowest BCUT2D eigenvalue weighted by atomic mass is 10.00. The van der Waals surface area contributed by atoms with Crippen LogP contribution in [-0.2, 0) is 16.0 Å². The first kappa shape index (κ1) is 19.8. The predicted octanol–water partition coefficient (Wildman–Crippen LogP) is 4.62. The van der Waals surface area contributed by atoms with Crippen molar-refractivity contribution in [1.29, 1.82) is 0 Å². The van der Waals surface area contributed by atoms with E-state index in [2.05, 4.69) is 6.92 Å². The van der Waals surface area contributed by atoms with Gasteiger partial charge in [0.2, 0.25) is 0 Å². The Bertz CT molecular complexity index is 762. The molecular formula is C21H27NO4. The highest BCUT2D eigenvalue weighted by Gasteiger charge is 2.30. The van der Waals surface area contributed by atoms with Crippen LogP contribution in [0.1, 0.15) is 60.2 Å². The molecule has 2 rings (SSSR count). The number of hydrogen-bond donors (Lipinski definition) is 0. The van der Waals surface area contributed by atoms with Crippen molar-refractivity contribution in [3.8, 4) is 11.1 Å². The van der Waals surface area contributed by atoms with E-state index in [0.717, 1.165) is 24.1 Å². The Morgan fingerprint density at radius 2 is 1.58 bits per heavy atom. The average Bonchev–Trinajstić information content (AvgIpc) is 2.93. The van der Waals surface area contributed by atoms with E-state index in [1.165, 1.54) is 0 Å². The zero-order valence-corrected chi connectivity index (χ0v) is 16.0. The van der Waals surface area contributed by atoms with Crippen LogP contribution in [0.2, 0.25) is 0 Å². The second kappa shape index (κ2) is 9.22. The highest BCUT2D eigenvalue weighted by molar-refractivity contribution is 6.06. The van der Waals surface area contributed by atoms with E-state index in [-0.39, 0.29) is 13.2 Å². The van der Waals surface area contributed by atoms with E-state index in [0.29, 0.717) is 23.4 Å². The first-order valence-electron chi connectivity index (χ1n) is 9.19. The lowest BCUT2D eigenvalue weighted by Gasteiger charge is -2.11. The maximum Gasteiger partial charge on any atom is 0.355 e. The van der Waals surface area contributed by atoms with Gasteiger partial charge in [-0.1, -0.05) is 43.7 Å². The summed E-state index contributed by atoms with van der Waals surface area (Å²) >= 11 is 0. The zero-order valence-electron chi connectivity index (χ0n) is 16.0. The van der Waals surface area contributed by atoms with Crippen molar-refractivity contribution in [2.45, 2.75) is 47.1 Å². The van der Waals surface area contributed by atoms with E-state index in [1.54, 1.807) is 13.8 Å². The summed E-state index contributed by atoms with van der Waals surface area (Å²) in [7, 11) is 0.